The number of nitrogen functional groups attached to an aromatic ring is 1. The summed E-state index contributed by atoms with van der Waals surface area (Å²) < 4.78 is 7.43. The van der Waals surface area contributed by atoms with E-state index in [1.54, 1.807) is 13.3 Å². The number of rotatable bonds is 5. The maximum absolute atomic E-state index is 5.95. The second-order valence-electron chi connectivity index (χ2n) is 4.89. The maximum Gasteiger partial charge on any atom is 0.132 e. The predicted octanol–water partition coefficient (Wildman–Crippen LogP) is 2.37. The molecule has 0 amide bonds. The topological polar surface area (TPSA) is 66.0 Å². The summed E-state index contributed by atoms with van der Waals surface area (Å²) in [5, 5.41) is 0. The fraction of sp³-hybridized carbons (Fsp3) is 0.429. The van der Waals surface area contributed by atoms with E-state index in [1.165, 1.54) is 0 Å². The zero-order chi connectivity index (χ0) is 13.8. The van der Waals surface area contributed by atoms with E-state index in [4.69, 9.17) is 10.5 Å². The third-order valence-electron chi connectivity index (χ3n) is 3.24. The van der Waals surface area contributed by atoms with Crippen LogP contribution in [0, 0.1) is 5.92 Å². The smallest absolute Gasteiger partial charge is 0.132 e. The lowest BCUT2D eigenvalue weighted by Gasteiger charge is -2.24. The molecule has 2 rings (SSSR count). The summed E-state index contributed by atoms with van der Waals surface area (Å²) >= 11 is 0. The Morgan fingerprint density at radius 1 is 1.42 bits per heavy atom. The first kappa shape index (κ1) is 13.5. The van der Waals surface area contributed by atoms with Gasteiger partial charge in [0, 0.05) is 18.9 Å². The van der Waals surface area contributed by atoms with Gasteiger partial charge in [0.15, 0.2) is 0 Å². The largest absolute Gasteiger partial charge is 0.383 e. The normalized spacial score (nSPS) is 12.8. The Balaban J connectivity index is 2.44. The van der Waals surface area contributed by atoms with Crippen molar-refractivity contribution in [2.45, 2.75) is 19.9 Å². The molecule has 0 radical (unpaired) electrons. The Hall–Kier alpha value is -1.88. The number of imidazole rings is 1. The Morgan fingerprint density at radius 3 is 2.84 bits per heavy atom. The van der Waals surface area contributed by atoms with E-state index in [0.717, 1.165) is 11.3 Å². The van der Waals surface area contributed by atoms with Crippen LogP contribution in [0.3, 0.4) is 0 Å². The van der Waals surface area contributed by atoms with E-state index in [-0.39, 0.29) is 6.04 Å². The van der Waals surface area contributed by atoms with Gasteiger partial charge in [0.2, 0.25) is 0 Å². The van der Waals surface area contributed by atoms with Gasteiger partial charge in [-0.3, -0.25) is 0 Å². The summed E-state index contributed by atoms with van der Waals surface area (Å²) in [6.45, 7) is 4.97. The Kier molecular flexibility index (Phi) is 4.16. The van der Waals surface area contributed by atoms with Crippen molar-refractivity contribution in [3.8, 4) is 11.3 Å². The van der Waals surface area contributed by atoms with Crippen LogP contribution < -0.4 is 5.73 Å². The van der Waals surface area contributed by atoms with E-state index < -0.39 is 0 Å². The van der Waals surface area contributed by atoms with Crippen molar-refractivity contribution in [3.63, 3.8) is 0 Å². The summed E-state index contributed by atoms with van der Waals surface area (Å²) in [4.78, 5) is 8.38. The van der Waals surface area contributed by atoms with Crippen LogP contribution >= 0.6 is 0 Å². The highest BCUT2D eigenvalue weighted by Crippen LogP contribution is 2.29. The summed E-state index contributed by atoms with van der Waals surface area (Å²) in [5.41, 5.74) is 7.83. The molecule has 0 bridgehead atoms. The molecule has 2 aromatic rings. The summed E-state index contributed by atoms with van der Waals surface area (Å²) in [6.07, 6.45) is 5.33. The molecule has 5 heteroatoms. The van der Waals surface area contributed by atoms with Gasteiger partial charge in [-0.25, -0.2) is 9.97 Å². The summed E-state index contributed by atoms with van der Waals surface area (Å²) in [7, 11) is 1.71. The van der Waals surface area contributed by atoms with Gasteiger partial charge in [-0.2, -0.15) is 0 Å². The SMILES string of the molecule is COCC(C(C)C)n1cncc1-c1cccnc1N. The van der Waals surface area contributed by atoms with E-state index in [9.17, 15) is 0 Å². The lowest BCUT2D eigenvalue weighted by molar-refractivity contribution is 0.134. The van der Waals surface area contributed by atoms with Gasteiger partial charge in [0.05, 0.1) is 30.9 Å². The molecule has 5 nitrogen and oxygen atoms in total. The number of nitrogens with zero attached hydrogens (tertiary/aromatic N) is 3. The molecule has 1 atom stereocenters. The molecule has 102 valence electrons. The number of methoxy groups -OCH3 is 1. The monoisotopic (exact) mass is 260 g/mol. The van der Waals surface area contributed by atoms with E-state index in [2.05, 4.69) is 28.4 Å². The highest BCUT2D eigenvalue weighted by Gasteiger charge is 2.19. The van der Waals surface area contributed by atoms with E-state index >= 15 is 0 Å². The van der Waals surface area contributed by atoms with E-state index in [0.29, 0.717) is 18.3 Å². The first-order chi connectivity index (χ1) is 9.15. The maximum atomic E-state index is 5.95. The molecule has 2 N–H and O–H groups in total. The highest BCUT2D eigenvalue weighted by molar-refractivity contribution is 5.70. The number of nitrogens with two attached hydrogens (primary N) is 1. The molecule has 0 spiro atoms. The summed E-state index contributed by atoms with van der Waals surface area (Å²) in [5.74, 6) is 0.954. The van der Waals surface area contributed by atoms with Gasteiger partial charge in [-0.15, -0.1) is 0 Å². The van der Waals surface area contributed by atoms with Gasteiger partial charge < -0.3 is 15.0 Å². The molecule has 2 heterocycles. The van der Waals surface area contributed by atoms with Crippen molar-refractivity contribution in [1.82, 2.24) is 14.5 Å². The zero-order valence-corrected chi connectivity index (χ0v) is 11.6. The van der Waals surface area contributed by atoms with Crippen molar-refractivity contribution in [2.75, 3.05) is 19.5 Å². The molecule has 0 fully saturated rings. The quantitative estimate of drug-likeness (QED) is 0.896. The number of ether oxygens (including phenoxy) is 1. The first-order valence-electron chi connectivity index (χ1n) is 6.36. The van der Waals surface area contributed by atoms with Crippen LogP contribution in [0.25, 0.3) is 11.3 Å². The first-order valence-corrected chi connectivity index (χ1v) is 6.36. The Bertz CT molecular complexity index is 536. The van der Waals surface area contributed by atoms with Crippen LogP contribution in [-0.4, -0.2) is 28.3 Å². The van der Waals surface area contributed by atoms with Crippen LogP contribution in [-0.2, 0) is 4.74 Å². The zero-order valence-electron chi connectivity index (χ0n) is 11.6. The molecule has 0 aromatic carbocycles. The van der Waals surface area contributed by atoms with Gasteiger partial charge in [0.1, 0.15) is 5.82 Å². The molecule has 0 aliphatic rings. The average molecular weight is 260 g/mol. The number of hydrogen-bond acceptors (Lipinski definition) is 4. The van der Waals surface area contributed by atoms with Gasteiger partial charge in [-0.05, 0) is 18.1 Å². The number of pyridine rings is 1. The van der Waals surface area contributed by atoms with Crippen LogP contribution in [0.15, 0.2) is 30.9 Å². The Morgan fingerprint density at radius 2 is 2.21 bits per heavy atom. The minimum Gasteiger partial charge on any atom is -0.383 e. The van der Waals surface area contributed by atoms with Crippen LogP contribution in [0.1, 0.15) is 19.9 Å². The van der Waals surface area contributed by atoms with Crippen molar-refractivity contribution >= 4 is 5.82 Å². The Labute approximate surface area is 113 Å². The van der Waals surface area contributed by atoms with Crippen LogP contribution in [0.5, 0.6) is 0 Å². The number of hydrogen-bond donors (Lipinski definition) is 1. The standard InChI is InChI=1S/C14H20N4O/c1-10(2)13(8-19-3)18-9-16-7-12(18)11-5-4-6-17-14(11)15/h4-7,9-10,13H,8H2,1-3H3,(H2,15,17). The molecule has 0 saturated carbocycles. The molecule has 0 aliphatic heterocycles. The van der Waals surface area contributed by atoms with Crippen molar-refractivity contribution < 1.29 is 4.74 Å². The highest BCUT2D eigenvalue weighted by atomic mass is 16.5. The lowest BCUT2D eigenvalue weighted by Crippen LogP contribution is -2.20. The van der Waals surface area contributed by atoms with Crippen molar-refractivity contribution in [2.24, 2.45) is 5.92 Å². The third kappa shape index (κ3) is 2.76. The minimum atomic E-state index is 0.224. The fourth-order valence-corrected chi connectivity index (χ4v) is 2.18. The molecule has 19 heavy (non-hydrogen) atoms. The molecular weight excluding hydrogens is 240 g/mol. The van der Waals surface area contributed by atoms with Crippen LogP contribution in [0.2, 0.25) is 0 Å². The van der Waals surface area contributed by atoms with Crippen molar-refractivity contribution in [1.29, 1.82) is 0 Å². The molecular formula is C14H20N4O. The second kappa shape index (κ2) is 5.84. The fourth-order valence-electron chi connectivity index (χ4n) is 2.18. The molecule has 1 unspecified atom stereocenters. The number of anilines is 1. The predicted molar refractivity (Wildman–Crippen MR) is 75.6 cm³/mol. The molecule has 0 saturated heterocycles. The third-order valence-corrected chi connectivity index (χ3v) is 3.24. The average Bonchev–Trinajstić information content (AvgIpc) is 2.84. The van der Waals surface area contributed by atoms with Crippen molar-refractivity contribution in [3.05, 3.63) is 30.9 Å². The molecule has 0 aliphatic carbocycles. The molecule has 2 aromatic heterocycles. The lowest BCUT2D eigenvalue weighted by atomic mass is 10.0. The van der Waals surface area contributed by atoms with E-state index in [1.807, 2.05) is 24.7 Å². The minimum absolute atomic E-state index is 0.224. The van der Waals surface area contributed by atoms with Gasteiger partial charge in [0.25, 0.3) is 0 Å². The van der Waals surface area contributed by atoms with Crippen LogP contribution in [0.4, 0.5) is 5.82 Å². The van der Waals surface area contributed by atoms with Gasteiger partial charge in [-0.1, -0.05) is 13.8 Å². The number of aromatic nitrogens is 3. The second-order valence-corrected chi connectivity index (χ2v) is 4.89. The summed E-state index contributed by atoms with van der Waals surface area (Å²) in [6, 6.07) is 4.06. The van der Waals surface area contributed by atoms with Gasteiger partial charge >= 0.3 is 0 Å².